The molecule has 2 heterocycles. The Morgan fingerprint density at radius 3 is 2.85 bits per heavy atom. The van der Waals surface area contributed by atoms with Crippen LogP contribution in [0.25, 0.3) is 11.4 Å². The van der Waals surface area contributed by atoms with Crippen LogP contribution in [0.5, 0.6) is 17.4 Å². The molecule has 3 rings (SSSR count). The van der Waals surface area contributed by atoms with Gasteiger partial charge in [-0.25, -0.2) is 0 Å². The quantitative estimate of drug-likeness (QED) is 0.840. The Labute approximate surface area is 119 Å². The molecule has 6 nitrogen and oxygen atoms in total. The Morgan fingerprint density at radius 1 is 1.25 bits per heavy atom. The van der Waals surface area contributed by atoms with Crippen molar-refractivity contribution in [3.05, 3.63) is 33.6 Å². The number of halogens is 1. The second-order valence-electron chi connectivity index (χ2n) is 4.29. The lowest BCUT2D eigenvalue weighted by atomic mass is 10.2. The highest BCUT2D eigenvalue weighted by atomic mass is 35.5. The van der Waals surface area contributed by atoms with Crippen LogP contribution in [0.1, 0.15) is 6.42 Å². The highest BCUT2D eigenvalue weighted by Crippen LogP contribution is 2.40. The summed E-state index contributed by atoms with van der Waals surface area (Å²) in [5.74, 6) is 0.839. The number of nitrogens with one attached hydrogen (secondary N) is 1. The summed E-state index contributed by atoms with van der Waals surface area (Å²) >= 11 is 6.16. The van der Waals surface area contributed by atoms with E-state index in [1.807, 2.05) is 0 Å². The van der Waals surface area contributed by atoms with Crippen molar-refractivity contribution in [3.8, 4) is 28.8 Å². The van der Waals surface area contributed by atoms with Gasteiger partial charge in [0.05, 0.1) is 24.3 Å². The average molecular weight is 295 g/mol. The van der Waals surface area contributed by atoms with Crippen LogP contribution in [-0.4, -0.2) is 28.3 Å². The number of aromatic nitrogens is 2. The summed E-state index contributed by atoms with van der Waals surface area (Å²) in [7, 11) is 0. The fourth-order valence-electron chi connectivity index (χ4n) is 1.95. The van der Waals surface area contributed by atoms with Crippen LogP contribution in [-0.2, 0) is 0 Å². The number of fused-ring (bicyclic) bond motifs is 1. The van der Waals surface area contributed by atoms with Gasteiger partial charge in [-0.05, 0) is 12.1 Å². The minimum absolute atomic E-state index is 0.215. The minimum atomic E-state index is -0.448. The summed E-state index contributed by atoms with van der Waals surface area (Å²) in [4.78, 5) is 17.8. The van der Waals surface area contributed by atoms with Gasteiger partial charge >= 0.3 is 0 Å². The Hall–Kier alpha value is -2.21. The van der Waals surface area contributed by atoms with E-state index in [0.29, 0.717) is 35.3 Å². The molecule has 0 saturated carbocycles. The van der Waals surface area contributed by atoms with Gasteiger partial charge < -0.3 is 19.6 Å². The molecule has 2 aromatic rings. The van der Waals surface area contributed by atoms with Crippen molar-refractivity contribution in [2.24, 2.45) is 0 Å². The SMILES string of the molecule is O=c1cc(O)nc(-c2cc(Cl)c3c(c2)OCCCO3)[nH]1. The molecule has 1 aliphatic rings. The first-order valence-corrected chi connectivity index (χ1v) is 6.41. The number of aromatic hydroxyl groups is 1. The maximum absolute atomic E-state index is 11.4. The number of benzene rings is 1. The van der Waals surface area contributed by atoms with E-state index in [0.717, 1.165) is 12.5 Å². The van der Waals surface area contributed by atoms with E-state index in [4.69, 9.17) is 21.1 Å². The van der Waals surface area contributed by atoms with Gasteiger partial charge in [-0.15, -0.1) is 0 Å². The molecule has 7 heteroatoms. The maximum Gasteiger partial charge on any atom is 0.254 e. The zero-order valence-electron chi connectivity index (χ0n) is 10.4. The number of H-pyrrole nitrogens is 1. The molecule has 20 heavy (non-hydrogen) atoms. The first kappa shape index (κ1) is 12.8. The number of nitrogens with zero attached hydrogens (tertiary/aromatic N) is 1. The smallest absolute Gasteiger partial charge is 0.254 e. The summed E-state index contributed by atoms with van der Waals surface area (Å²) < 4.78 is 11.1. The van der Waals surface area contributed by atoms with Gasteiger partial charge in [-0.3, -0.25) is 4.79 Å². The standard InChI is InChI=1S/C13H11ClN2O4/c14-8-4-7(13-15-10(17)6-11(18)16-13)5-9-12(8)20-3-1-2-19-9/h4-6H,1-3H2,(H2,15,16,17,18). The van der Waals surface area contributed by atoms with Crippen molar-refractivity contribution in [2.75, 3.05) is 13.2 Å². The molecule has 0 fully saturated rings. The predicted octanol–water partition coefficient (Wildman–Crippen LogP) is 1.96. The molecule has 0 amide bonds. The van der Waals surface area contributed by atoms with E-state index in [1.165, 1.54) is 0 Å². The molecule has 1 aromatic heterocycles. The zero-order valence-corrected chi connectivity index (χ0v) is 11.1. The number of rotatable bonds is 1. The number of hydrogen-bond donors (Lipinski definition) is 2. The van der Waals surface area contributed by atoms with Crippen LogP contribution in [0.2, 0.25) is 5.02 Å². The molecule has 0 aliphatic carbocycles. The Balaban J connectivity index is 2.13. The van der Waals surface area contributed by atoms with Gasteiger partial charge in [0.2, 0.25) is 5.88 Å². The molecule has 0 bridgehead atoms. The Kier molecular flexibility index (Phi) is 3.23. The predicted molar refractivity (Wildman–Crippen MR) is 72.6 cm³/mol. The topological polar surface area (TPSA) is 84.4 Å². The lowest BCUT2D eigenvalue weighted by Crippen LogP contribution is -2.06. The molecule has 0 atom stereocenters. The third-order valence-electron chi connectivity index (χ3n) is 2.80. The molecule has 0 saturated heterocycles. The van der Waals surface area contributed by atoms with E-state index in [1.54, 1.807) is 12.1 Å². The van der Waals surface area contributed by atoms with E-state index in [2.05, 4.69) is 9.97 Å². The van der Waals surface area contributed by atoms with Gasteiger partial charge in [-0.1, -0.05) is 11.6 Å². The van der Waals surface area contributed by atoms with E-state index in [9.17, 15) is 9.90 Å². The van der Waals surface area contributed by atoms with Crippen LogP contribution in [0, 0.1) is 0 Å². The van der Waals surface area contributed by atoms with Crippen LogP contribution < -0.4 is 15.0 Å². The minimum Gasteiger partial charge on any atom is -0.493 e. The third-order valence-corrected chi connectivity index (χ3v) is 3.08. The molecule has 2 N–H and O–H groups in total. The van der Waals surface area contributed by atoms with Crippen LogP contribution in [0.4, 0.5) is 0 Å². The number of ether oxygens (including phenoxy) is 2. The van der Waals surface area contributed by atoms with Gasteiger partial charge in [0.15, 0.2) is 11.5 Å². The van der Waals surface area contributed by atoms with Crippen molar-refractivity contribution >= 4 is 11.6 Å². The second-order valence-corrected chi connectivity index (χ2v) is 4.70. The second kappa shape index (κ2) is 5.05. The van der Waals surface area contributed by atoms with E-state index >= 15 is 0 Å². The summed E-state index contributed by atoms with van der Waals surface area (Å²) in [6, 6.07) is 4.27. The van der Waals surface area contributed by atoms with Crippen molar-refractivity contribution in [2.45, 2.75) is 6.42 Å². The summed E-state index contributed by atoms with van der Waals surface area (Å²) in [6.07, 6.45) is 0.765. The van der Waals surface area contributed by atoms with Crippen molar-refractivity contribution in [1.29, 1.82) is 0 Å². The molecule has 0 radical (unpaired) electrons. The van der Waals surface area contributed by atoms with Gasteiger partial charge in [0.25, 0.3) is 5.56 Å². The fourth-order valence-corrected chi connectivity index (χ4v) is 2.21. The van der Waals surface area contributed by atoms with E-state index in [-0.39, 0.29) is 11.7 Å². The molecular weight excluding hydrogens is 284 g/mol. The molecule has 1 aromatic carbocycles. The van der Waals surface area contributed by atoms with Gasteiger partial charge in [-0.2, -0.15) is 4.98 Å². The summed E-state index contributed by atoms with van der Waals surface area (Å²) in [5.41, 5.74) is 0.0861. The van der Waals surface area contributed by atoms with E-state index < -0.39 is 5.56 Å². The maximum atomic E-state index is 11.4. The van der Waals surface area contributed by atoms with Gasteiger partial charge in [0, 0.05) is 12.0 Å². The Bertz CT molecular complexity index is 714. The summed E-state index contributed by atoms with van der Waals surface area (Å²) in [5, 5.41) is 9.75. The zero-order chi connectivity index (χ0) is 14.1. The normalized spacial score (nSPS) is 13.8. The first-order chi connectivity index (χ1) is 9.63. The third kappa shape index (κ3) is 2.42. The molecule has 0 unspecified atom stereocenters. The molecule has 1 aliphatic heterocycles. The van der Waals surface area contributed by atoms with Crippen molar-refractivity contribution in [1.82, 2.24) is 9.97 Å². The van der Waals surface area contributed by atoms with Crippen LogP contribution >= 0.6 is 11.6 Å². The molecular formula is C13H11ClN2O4. The fraction of sp³-hybridized carbons (Fsp3) is 0.231. The van der Waals surface area contributed by atoms with Crippen molar-refractivity contribution in [3.63, 3.8) is 0 Å². The number of aromatic amines is 1. The Morgan fingerprint density at radius 2 is 2.05 bits per heavy atom. The lowest BCUT2D eigenvalue weighted by molar-refractivity contribution is 0.297. The molecule has 0 spiro atoms. The average Bonchev–Trinajstić information content (AvgIpc) is 2.63. The molecule has 104 valence electrons. The van der Waals surface area contributed by atoms with Crippen LogP contribution in [0.3, 0.4) is 0 Å². The summed E-state index contributed by atoms with van der Waals surface area (Å²) in [6.45, 7) is 1.06. The largest absolute Gasteiger partial charge is 0.493 e. The highest BCUT2D eigenvalue weighted by molar-refractivity contribution is 6.32. The van der Waals surface area contributed by atoms with Crippen LogP contribution in [0.15, 0.2) is 23.0 Å². The van der Waals surface area contributed by atoms with Gasteiger partial charge in [0.1, 0.15) is 5.82 Å². The lowest BCUT2D eigenvalue weighted by Gasteiger charge is -2.11. The number of hydrogen-bond acceptors (Lipinski definition) is 5. The van der Waals surface area contributed by atoms with Crippen molar-refractivity contribution < 1.29 is 14.6 Å². The highest BCUT2D eigenvalue weighted by Gasteiger charge is 2.17. The monoisotopic (exact) mass is 294 g/mol. The first-order valence-electron chi connectivity index (χ1n) is 6.03.